The fraction of sp³-hybridized carbons (Fsp3) is 0.429. The average Bonchev–Trinajstić information content (AvgIpc) is 2.62. The summed E-state index contributed by atoms with van der Waals surface area (Å²) >= 11 is 1.65. The maximum atomic E-state index is 10.6. The zero-order valence-corrected chi connectivity index (χ0v) is 16.7. The van der Waals surface area contributed by atoms with Crippen molar-refractivity contribution >= 4 is 11.9 Å². The molecular weight excluding hydrogens is 344 g/mol. The molecule has 0 saturated carbocycles. The summed E-state index contributed by atoms with van der Waals surface area (Å²) in [5.41, 5.74) is 7.41. The second kappa shape index (κ2) is 10.6. The summed E-state index contributed by atoms with van der Waals surface area (Å²) in [4.78, 5) is 1.12. The van der Waals surface area contributed by atoms with Crippen molar-refractivity contribution in [1.29, 1.82) is 0 Å². The molecule has 142 valence electrons. The molecule has 0 aliphatic carbocycles. The molecule has 0 spiro atoms. The zero-order valence-electron chi connectivity index (χ0n) is 15.8. The number of nitrogens with zero attached hydrogens (tertiary/aromatic N) is 1. The number of hydrogen-bond acceptors (Lipinski definition) is 5. The van der Waals surface area contributed by atoms with Crippen molar-refractivity contribution in [2.45, 2.75) is 37.3 Å². The molecule has 0 bridgehead atoms. The Kier molecular flexibility index (Phi) is 8.45. The minimum Gasteiger partial charge on any atom is -0.497 e. The highest BCUT2D eigenvalue weighted by Gasteiger charge is 2.20. The van der Waals surface area contributed by atoms with E-state index < -0.39 is 6.10 Å². The van der Waals surface area contributed by atoms with Gasteiger partial charge in [0.25, 0.3) is 0 Å². The van der Waals surface area contributed by atoms with E-state index in [2.05, 4.69) is 18.2 Å². The van der Waals surface area contributed by atoms with Gasteiger partial charge in [-0.25, -0.2) is 4.31 Å². The standard InChI is InChI=1S/C21H30N2O2S/c1-16(2)14-23(26-19-11-9-18(25-3)10-12-19)15-21(24)20(22)13-17-7-5-4-6-8-17/h4-12,16,20-21,24H,13-15,22H2,1-3H3. The van der Waals surface area contributed by atoms with Crippen LogP contribution in [-0.4, -0.2) is 41.8 Å². The Morgan fingerprint density at radius 1 is 1.04 bits per heavy atom. The Labute approximate surface area is 161 Å². The zero-order chi connectivity index (χ0) is 18.9. The van der Waals surface area contributed by atoms with E-state index in [1.807, 2.05) is 54.6 Å². The summed E-state index contributed by atoms with van der Waals surface area (Å²) in [6.45, 7) is 5.77. The van der Waals surface area contributed by atoms with Gasteiger partial charge in [0.15, 0.2) is 0 Å². The monoisotopic (exact) mass is 374 g/mol. The van der Waals surface area contributed by atoms with Crippen LogP contribution in [0.2, 0.25) is 0 Å². The topological polar surface area (TPSA) is 58.7 Å². The van der Waals surface area contributed by atoms with Crippen LogP contribution in [-0.2, 0) is 6.42 Å². The van der Waals surface area contributed by atoms with Gasteiger partial charge in [-0.1, -0.05) is 44.2 Å². The highest BCUT2D eigenvalue weighted by atomic mass is 32.2. The molecule has 26 heavy (non-hydrogen) atoms. The normalized spacial score (nSPS) is 13.8. The predicted molar refractivity (Wildman–Crippen MR) is 109 cm³/mol. The molecule has 4 nitrogen and oxygen atoms in total. The third kappa shape index (κ3) is 7.00. The Balaban J connectivity index is 1.96. The van der Waals surface area contributed by atoms with E-state index in [1.165, 1.54) is 0 Å². The van der Waals surface area contributed by atoms with Gasteiger partial charge in [0.2, 0.25) is 0 Å². The molecule has 0 saturated heterocycles. The number of hydrogen-bond donors (Lipinski definition) is 2. The number of nitrogens with two attached hydrogens (primary N) is 1. The van der Waals surface area contributed by atoms with Crippen LogP contribution in [0.5, 0.6) is 5.75 Å². The van der Waals surface area contributed by atoms with Gasteiger partial charge in [-0.3, -0.25) is 0 Å². The van der Waals surface area contributed by atoms with E-state index in [9.17, 15) is 5.11 Å². The Hall–Kier alpha value is -1.53. The molecule has 0 fully saturated rings. The second-order valence-corrected chi connectivity index (χ2v) is 8.10. The number of rotatable bonds is 10. The van der Waals surface area contributed by atoms with Crippen molar-refractivity contribution in [3.63, 3.8) is 0 Å². The first kappa shape index (κ1) is 20.8. The number of aliphatic hydroxyl groups excluding tert-OH is 1. The summed E-state index contributed by atoms with van der Waals surface area (Å²) in [6, 6.07) is 17.8. The van der Waals surface area contributed by atoms with Gasteiger partial charge in [0.05, 0.1) is 13.2 Å². The summed E-state index contributed by atoms with van der Waals surface area (Å²) in [5, 5.41) is 10.6. The van der Waals surface area contributed by atoms with Crippen molar-refractivity contribution in [3.8, 4) is 5.75 Å². The molecule has 0 aromatic heterocycles. The van der Waals surface area contributed by atoms with E-state index >= 15 is 0 Å². The third-order valence-corrected chi connectivity index (χ3v) is 5.10. The molecule has 0 radical (unpaired) electrons. The van der Waals surface area contributed by atoms with Gasteiger partial charge in [-0.15, -0.1) is 0 Å². The summed E-state index contributed by atoms with van der Waals surface area (Å²) in [6.07, 6.45) is 0.0877. The second-order valence-electron chi connectivity index (χ2n) is 6.93. The van der Waals surface area contributed by atoms with Crippen LogP contribution in [0, 0.1) is 5.92 Å². The number of aliphatic hydroxyl groups is 1. The molecule has 0 heterocycles. The Morgan fingerprint density at radius 2 is 1.69 bits per heavy atom. The molecule has 0 aliphatic heterocycles. The van der Waals surface area contributed by atoms with E-state index in [4.69, 9.17) is 10.5 Å². The molecule has 2 unspecified atom stereocenters. The lowest BCUT2D eigenvalue weighted by Gasteiger charge is -2.28. The smallest absolute Gasteiger partial charge is 0.118 e. The number of methoxy groups -OCH3 is 1. The van der Waals surface area contributed by atoms with Crippen LogP contribution in [0.1, 0.15) is 19.4 Å². The predicted octanol–water partition coefficient (Wildman–Crippen LogP) is 3.59. The summed E-state index contributed by atoms with van der Waals surface area (Å²) < 4.78 is 7.41. The lowest BCUT2D eigenvalue weighted by atomic mass is 10.0. The maximum Gasteiger partial charge on any atom is 0.118 e. The van der Waals surface area contributed by atoms with Gasteiger partial charge >= 0.3 is 0 Å². The van der Waals surface area contributed by atoms with E-state index in [0.717, 1.165) is 22.8 Å². The molecule has 2 aromatic rings. The van der Waals surface area contributed by atoms with Crippen LogP contribution in [0.4, 0.5) is 0 Å². The van der Waals surface area contributed by atoms with Crippen LogP contribution in [0.3, 0.4) is 0 Å². The Morgan fingerprint density at radius 3 is 2.27 bits per heavy atom. The largest absolute Gasteiger partial charge is 0.497 e. The molecule has 3 N–H and O–H groups in total. The Bertz CT molecular complexity index is 634. The molecule has 5 heteroatoms. The van der Waals surface area contributed by atoms with Gasteiger partial charge in [0, 0.05) is 24.0 Å². The first-order valence-corrected chi connectivity index (χ1v) is 9.79. The van der Waals surface area contributed by atoms with Crippen molar-refractivity contribution in [2.24, 2.45) is 11.7 Å². The van der Waals surface area contributed by atoms with E-state index in [1.54, 1.807) is 19.1 Å². The van der Waals surface area contributed by atoms with Crippen LogP contribution < -0.4 is 10.5 Å². The van der Waals surface area contributed by atoms with Gasteiger partial charge in [-0.05, 0) is 54.1 Å². The number of benzene rings is 2. The fourth-order valence-electron chi connectivity index (χ4n) is 2.71. The molecule has 2 aromatic carbocycles. The van der Waals surface area contributed by atoms with Crippen molar-refractivity contribution < 1.29 is 9.84 Å². The minimum absolute atomic E-state index is 0.288. The SMILES string of the molecule is COc1ccc(SN(CC(C)C)CC(O)C(N)Cc2ccccc2)cc1. The minimum atomic E-state index is -0.584. The molecular formula is C21H30N2O2S. The summed E-state index contributed by atoms with van der Waals surface area (Å²) in [7, 11) is 1.66. The third-order valence-electron chi connectivity index (χ3n) is 4.06. The average molecular weight is 375 g/mol. The first-order valence-electron chi connectivity index (χ1n) is 9.02. The van der Waals surface area contributed by atoms with Gasteiger partial charge in [-0.2, -0.15) is 0 Å². The van der Waals surface area contributed by atoms with Crippen LogP contribution in [0.15, 0.2) is 59.5 Å². The van der Waals surface area contributed by atoms with E-state index in [-0.39, 0.29) is 6.04 Å². The molecule has 0 amide bonds. The van der Waals surface area contributed by atoms with Gasteiger partial charge in [0.1, 0.15) is 5.75 Å². The number of ether oxygens (including phenoxy) is 1. The highest BCUT2D eigenvalue weighted by molar-refractivity contribution is 7.97. The van der Waals surface area contributed by atoms with Crippen molar-refractivity contribution in [3.05, 3.63) is 60.2 Å². The maximum absolute atomic E-state index is 10.6. The lowest BCUT2D eigenvalue weighted by molar-refractivity contribution is 0.119. The molecule has 0 aliphatic rings. The van der Waals surface area contributed by atoms with Crippen LogP contribution >= 0.6 is 11.9 Å². The highest BCUT2D eigenvalue weighted by Crippen LogP contribution is 2.26. The van der Waals surface area contributed by atoms with Gasteiger partial charge < -0.3 is 15.6 Å². The lowest BCUT2D eigenvalue weighted by Crippen LogP contribution is -2.43. The fourth-order valence-corrected chi connectivity index (χ4v) is 3.86. The first-order chi connectivity index (χ1) is 12.5. The quantitative estimate of drug-likeness (QED) is 0.623. The van der Waals surface area contributed by atoms with E-state index in [0.29, 0.717) is 18.9 Å². The van der Waals surface area contributed by atoms with Crippen molar-refractivity contribution in [2.75, 3.05) is 20.2 Å². The molecule has 2 atom stereocenters. The summed E-state index contributed by atoms with van der Waals surface area (Å²) in [5.74, 6) is 1.34. The molecule has 2 rings (SSSR count). The van der Waals surface area contributed by atoms with Crippen LogP contribution in [0.25, 0.3) is 0 Å². The van der Waals surface area contributed by atoms with Crippen molar-refractivity contribution in [1.82, 2.24) is 4.31 Å².